The van der Waals surface area contributed by atoms with Crippen molar-refractivity contribution in [3.63, 3.8) is 0 Å². The Morgan fingerprint density at radius 2 is 2.20 bits per heavy atom. The predicted octanol–water partition coefficient (Wildman–Crippen LogP) is 0.971. The van der Waals surface area contributed by atoms with E-state index in [1.54, 1.807) is 18.2 Å². The van der Waals surface area contributed by atoms with Crippen molar-refractivity contribution in [3.05, 3.63) is 35.2 Å². The average molecular weight is 313 g/mol. The highest BCUT2D eigenvalue weighted by molar-refractivity contribution is 7.91. The summed E-state index contributed by atoms with van der Waals surface area (Å²) in [4.78, 5) is 19.9. The predicted molar refractivity (Wildman–Crippen MR) is 71.5 cm³/mol. The van der Waals surface area contributed by atoms with Crippen molar-refractivity contribution in [2.45, 2.75) is 11.7 Å². The van der Waals surface area contributed by atoms with E-state index in [1.807, 2.05) is 0 Å². The van der Waals surface area contributed by atoms with Gasteiger partial charge in [0.05, 0.1) is 5.75 Å². The first kappa shape index (κ1) is 13.1. The fourth-order valence-electron chi connectivity index (χ4n) is 1.98. The maximum absolute atomic E-state index is 12.2. The number of rotatable bonds is 2. The molecule has 2 aromatic rings. The van der Waals surface area contributed by atoms with Crippen LogP contribution >= 0.6 is 11.6 Å². The number of hydrogen-bond donors (Lipinski definition) is 1. The second-order valence-electron chi connectivity index (χ2n) is 4.17. The molecule has 1 aliphatic rings. The van der Waals surface area contributed by atoms with E-state index < -0.39 is 15.7 Å². The average Bonchev–Trinajstić information content (AvgIpc) is 2.88. The van der Waals surface area contributed by atoms with Gasteiger partial charge < -0.3 is 9.88 Å². The largest absolute Gasteiger partial charge is 0.308 e. The smallest absolute Gasteiger partial charge is 0.276 e. The summed E-state index contributed by atoms with van der Waals surface area (Å²) in [6.45, 7) is 0.169. The number of carbonyl (C=O) groups is 1. The molecule has 0 atom stereocenters. The zero-order chi connectivity index (χ0) is 14.3. The Balaban J connectivity index is 1.98. The Bertz CT molecular complexity index is 785. The quantitative estimate of drug-likeness (QED) is 0.891. The monoisotopic (exact) mass is 312 g/mol. The van der Waals surface area contributed by atoms with Crippen LogP contribution in [0.25, 0.3) is 0 Å². The van der Waals surface area contributed by atoms with Gasteiger partial charge in [-0.2, -0.15) is 0 Å². The first-order valence-corrected chi connectivity index (χ1v) is 7.73. The molecule has 0 bridgehead atoms. The number of aromatic nitrogens is 3. The second-order valence-corrected chi connectivity index (χ2v) is 6.53. The fourth-order valence-corrected chi connectivity index (χ4v) is 3.65. The van der Waals surface area contributed by atoms with Gasteiger partial charge in [-0.05, 0) is 12.1 Å². The summed E-state index contributed by atoms with van der Waals surface area (Å²) in [5.74, 6) is -0.259. The maximum Gasteiger partial charge on any atom is 0.276 e. The number of halogens is 1. The molecule has 3 heterocycles. The lowest BCUT2D eigenvalue weighted by Gasteiger charge is -2.05. The highest BCUT2D eigenvalue weighted by Crippen LogP contribution is 2.26. The molecule has 2 aromatic heterocycles. The minimum absolute atomic E-state index is 0.0356. The zero-order valence-electron chi connectivity index (χ0n) is 10.1. The van der Waals surface area contributed by atoms with E-state index in [9.17, 15) is 13.2 Å². The highest BCUT2D eigenvalue weighted by Gasteiger charge is 2.34. The van der Waals surface area contributed by atoms with E-state index in [2.05, 4.69) is 15.3 Å². The summed E-state index contributed by atoms with van der Waals surface area (Å²) >= 11 is 5.87. The number of hydrogen-bond acceptors (Lipinski definition) is 5. The number of sulfone groups is 1. The van der Waals surface area contributed by atoms with Crippen LogP contribution in [-0.2, 0) is 16.4 Å². The molecule has 0 unspecified atom stereocenters. The molecular weight excluding hydrogens is 304 g/mol. The maximum atomic E-state index is 12.2. The summed E-state index contributed by atoms with van der Waals surface area (Å²) in [5.41, 5.74) is 0.0356. The van der Waals surface area contributed by atoms with Crippen LogP contribution < -0.4 is 5.32 Å². The standard InChI is InChI=1S/C11H9ClN4O3S/c12-9-8(10(17)14-7-3-1-2-4-13-7)16-5-6-20(18,19)11(16)15-9/h1-4H,5-6H2,(H,13,14,17). The van der Waals surface area contributed by atoms with Crippen molar-refractivity contribution in [2.24, 2.45) is 0 Å². The number of pyridine rings is 1. The van der Waals surface area contributed by atoms with E-state index in [1.165, 1.54) is 10.8 Å². The molecule has 0 saturated heterocycles. The molecule has 0 aromatic carbocycles. The van der Waals surface area contributed by atoms with Gasteiger partial charge in [-0.3, -0.25) is 4.79 Å². The summed E-state index contributed by atoms with van der Waals surface area (Å²) in [6.07, 6.45) is 1.53. The van der Waals surface area contributed by atoms with Gasteiger partial charge >= 0.3 is 0 Å². The Labute approximate surface area is 119 Å². The van der Waals surface area contributed by atoms with E-state index in [0.29, 0.717) is 5.82 Å². The first-order valence-electron chi connectivity index (χ1n) is 5.70. The van der Waals surface area contributed by atoms with Gasteiger partial charge in [0, 0.05) is 12.7 Å². The molecule has 9 heteroatoms. The van der Waals surface area contributed by atoms with Crippen LogP contribution in [0.15, 0.2) is 29.6 Å². The minimum atomic E-state index is -3.44. The Hall–Kier alpha value is -1.93. The molecule has 0 radical (unpaired) electrons. The molecule has 1 aliphatic heterocycles. The summed E-state index contributed by atoms with van der Waals surface area (Å²) in [6, 6.07) is 5.05. The van der Waals surface area contributed by atoms with Crippen LogP contribution in [0.1, 0.15) is 10.5 Å². The van der Waals surface area contributed by atoms with Crippen molar-refractivity contribution in [2.75, 3.05) is 11.1 Å². The van der Waals surface area contributed by atoms with Gasteiger partial charge in [0.2, 0.25) is 15.0 Å². The molecule has 0 fully saturated rings. The van der Waals surface area contributed by atoms with E-state index in [4.69, 9.17) is 11.6 Å². The molecule has 0 saturated carbocycles. The molecule has 0 spiro atoms. The minimum Gasteiger partial charge on any atom is -0.308 e. The van der Waals surface area contributed by atoms with Crippen LogP contribution in [0.2, 0.25) is 5.15 Å². The molecule has 3 rings (SSSR count). The first-order chi connectivity index (χ1) is 9.49. The van der Waals surface area contributed by atoms with E-state index >= 15 is 0 Å². The molecule has 1 N–H and O–H groups in total. The van der Waals surface area contributed by atoms with Gasteiger partial charge in [-0.25, -0.2) is 18.4 Å². The number of nitrogens with one attached hydrogen (secondary N) is 1. The SMILES string of the molecule is O=C(Nc1ccccn1)c1c(Cl)nc2n1CCS2(=O)=O. The topological polar surface area (TPSA) is 93.9 Å². The summed E-state index contributed by atoms with van der Waals surface area (Å²) in [5, 5.41) is 2.27. The summed E-state index contributed by atoms with van der Waals surface area (Å²) in [7, 11) is -3.44. The van der Waals surface area contributed by atoms with E-state index in [-0.39, 0.29) is 28.3 Å². The molecule has 7 nitrogen and oxygen atoms in total. The molecular formula is C11H9ClN4O3S. The summed E-state index contributed by atoms with van der Waals surface area (Å²) < 4.78 is 24.7. The van der Waals surface area contributed by atoms with Gasteiger partial charge in [0.25, 0.3) is 5.91 Å². The molecule has 1 amide bonds. The second kappa shape index (κ2) is 4.57. The Morgan fingerprint density at radius 3 is 2.90 bits per heavy atom. The number of nitrogens with zero attached hydrogens (tertiary/aromatic N) is 3. The van der Waals surface area contributed by atoms with Crippen LogP contribution in [0.3, 0.4) is 0 Å². The zero-order valence-corrected chi connectivity index (χ0v) is 11.6. The van der Waals surface area contributed by atoms with Crippen LogP contribution in [0.5, 0.6) is 0 Å². The Morgan fingerprint density at radius 1 is 1.40 bits per heavy atom. The third-order valence-electron chi connectivity index (χ3n) is 2.87. The molecule has 20 heavy (non-hydrogen) atoms. The lowest BCUT2D eigenvalue weighted by atomic mass is 10.4. The van der Waals surface area contributed by atoms with Crippen LogP contribution in [0.4, 0.5) is 5.82 Å². The van der Waals surface area contributed by atoms with E-state index in [0.717, 1.165) is 0 Å². The number of imidazole rings is 1. The molecule has 0 aliphatic carbocycles. The van der Waals surface area contributed by atoms with Gasteiger partial charge in [0.15, 0.2) is 5.15 Å². The fraction of sp³-hybridized carbons (Fsp3) is 0.182. The van der Waals surface area contributed by atoms with Gasteiger partial charge in [0.1, 0.15) is 11.5 Å². The van der Waals surface area contributed by atoms with Crippen molar-refractivity contribution in [1.82, 2.24) is 14.5 Å². The highest BCUT2D eigenvalue weighted by atomic mass is 35.5. The van der Waals surface area contributed by atoms with Crippen LogP contribution in [0, 0.1) is 0 Å². The molecule has 104 valence electrons. The van der Waals surface area contributed by atoms with Gasteiger partial charge in [-0.1, -0.05) is 17.7 Å². The number of carbonyl (C=O) groups excluding carboxylic acids is 1. The Kier molecular flexibility index (Phi) is 2.98. The third kappa shape index (κ3) is 2.06. The van der Waals surface area contributed by atoms with Crippen molar-refractivity contribution >= 4 is 33.2 Å². The number of anilines is 1. The number of fused-ring (bicyclic) bond motifs is 1. The lowest BCUT2D eigenvalue weighted by molar-refractivity contribution is 0.101. The normalized spacial score (nSPS) is 15.8. The van der Waals surface area contributed by atoms with Crippen LogP contribution in [-0.4, -0.2) is 34.6 Å². The third-order valence-corrected chi connectivity index (χ3v) is 4.72. The van der Waals surface area contributed by atoms with Gasteiger partial charge in [-0.15, -0.1) is 0 Å². The van der Waals surface area contributed by atoms with Crippen molar-refractivity contribution < 1.29 is 13.2 Å². The van der Waals surface area contributed by atoms with Crippen molar-refractivity contribution in [3.8, 4) is 0 Å². The van der Waals surface area contributed by atoms with Crippen molar-refractivity contribution in [1.29, 1.82) is 0 Å². The number of amides is 1. The lowest BCUT2D eigenvalue weighted by Crippen LogP contribution is -2.17.